The van der Waals surface area contributed by atoms with Crippen LogP contribution in [0, 0.1) is 0 Å². The van der Waals surface area contributed by atoms with E-state index in [9.17, 15) is 0 Å². The van der Waals surface area contributed by atoms with E-state index in [0.29, 0.717) is 0 Å². The molecule has 248 valence electrons. The second-order valence-electron chi connectivity index (χ2n) is 13.9. The number of hydrogen-bond acceptors (Lipinski definition) is 4. The maximum absolute atomic E-state index is 5.49. The van der Waals surface area contributed by atoms with Gasteiger partial charge in [0.25, 0.3) is 0 Å². The molecule has 4 heteroatoms. The maximum atomic E-state index is 5.49. The molecule has 0 amide bonds. The predicted molar refractivity (Wildman–Crippen MR) is 226 cm³/mol. The van der Waals surface area contributed by atoms with Crippen LogP contribution in [0.15, 0.2) is 180 Å². The van der Waals surface area contributed by atoms with E-state index in [1.165, 1.54) is 58.1 Å². The van der Waals surface area contributed by atoms with Gasteiger partial charge in [0.2, 0.25) is 0 Å². The maximum Gasteiger partial charge on any atom is 0.155 e. The predicted octanol–water partition coefficient (Wildman–Crippen LogP) is 13.1. The minimum Gasteiger partial charge on any atom is -0.258 e. The number of fused-ring (bicyclic) bond motifs is 11. The summed E-state index contributed by atoms with van der Waals surface area (Å²) < 4.78 is 2.49. The Hall–Kier alpha value is -6.49. The average molecular weight is 694 g/mol. The third kappa shape index (κ3) is 4.91. The molecule has 1 unspecified atom stereocenters. The summed E-state index contributed by atoms with van der Waals surface area (Å²) in [5, 5.41) is 11.2. The van der Waals surface area contributed by atoms with Gasteiger partial charge in [-0.3, -0.25) is 4.99 Å². The zero-order chi connectivity index (χ0) is 34.9. The van der Waals surface area contributed by atoms with Crippen LogP contribution in [-0.4, -0.2) is 16.5 Å². The molecular weight excluding hydrogens is 663 g/mol. The Bertz CT molecular complexity index is 3110. The minimum atomic E-state index is -0.0134. The van der Waals surface area contributed by atoms with E-state index < -0.39 is 0 Å². The Morgan fingerprint density at radius 1 is 0.472 bits per heavy atom. The highest BCUT2D eigenvalue weighted by molar-refractivity contribution is 7.26. The smallest absolute Gasteiger partial charge is 0.155 e. The van der Waals surface area contributed by atoms with Crippen molar-refractivity contribution < 1.29 is 0 Å². The van der Waals surface area contributed by atoms with Crippen LogP contribution in [0.25, 0.3) is 74.6 Å². The number of hydrogen-bond donors (Lipinski definition) is 0. The molecule has 1 atom stereocenters. The van der Waals surface area contributed by atoms with Gasteiger partial charge in [0.05, 0.1) is 23.0 Å². The molecule has 10 aromatic rings. The molecule has 0 radical (unpaired) electrons. The molecule has 0 saturated carbocycles. The van der Waals surface area contributed by atoms with Crippen molar-refractivity contribution in [2.45, 2.75) is 12.5 Å². The lowest BCUT2D eigenvalue weighted by molar-refractivity contribution is 0.753. The summed E-state index contributed by atoms with van der Waals surface area (Å²) in [7, 11) is 0. The third-order valence-electron chi connectivity index (χ3n) is 10.8. The SMILES string of the molecule is c1ccc(C2=NC(c3ccc4nc(-c5ccc6c7ccccc7c7ccccc7c6c5)c5c6ccccc6sc5c4c3)=NC(c3ccccc3)C2)cc1. The van der Waals surface area contributed by atoms with Gasteiger partial charge in [0.15, 0.2) is 5.84 Å². The molecule has 1 aliphatic rings. The fourth-order valence-electron chi connectivity index (χ4n) is 8.26. The standard InChI is InChI=1S/C49H31N3S/c1-3-13-30(14-4-1)43-29-44(31-15-5-2-6-16-31)52-49(51-43)33-24-26-42-41(28-33)48-46(39-21-11-12-22-45(39)53-48)47(50-42)32-23-25-38-36-19-8-7-17-34(36)35-18-9-10-20-37(35)40(38)27-32/h1-28,43H,29H2. The number of nitrogens with zero attached hydrogens (tertiary/aromatic N) is 3. The first kappa shape index (κ1) is 30.2. The van der Waals surface area contributed by atoms with Crippen LogP contribution < -0.4 is 0 Å². The molecule has 0 bridgehead atoms. The summed E-state index contributed by atoms with van der Waals surface area (Å²) in [4.78, 5) is 16.0. The van der Waals surface area contributed by atoms with Crippen LogP contribution in [0.4, 0.5) is 0 Å². The number of benzene rings is 8. The lowest BCUT2D eigenvalue weighted by Gasteiger charge is -2.21. The fraction of sp³-hybridized carbons (Fsp3) is 0.0408. The van der Waals surface area contributed by atoms with E-state index in [2.05, 4.69) is 170 Å². The van der Waals surface area contributed by atoms with E-state index in [0.717, 1.165) is 51.3 Å². The van der Waals surface area contributed by atoms with Crippen LogP contribution in [0.3, 0.4) is 0 Å². The molecule has 0 fully saturated rings. The van der Waals surface area contributed by atoms with Crippen molar-refractivity contribution in [2.24, 2.45) is 9.98 Å². The van der Waals surface area contributed by atoms with Crippen molar-refractivity contribution in [1.29, 1.82) is 0 Å². The summed E-state index contributed by atoms with van der Waals surface area (Å²) in [6, 6.07) is 60.8. The molecular formula is C49H31N3S. The Kier molecular flexibility index (Phi) is 6.86. The van der Waals surface area contributed by atoms with Gasteiger partial charge in [-0.15, -0.1) is 11.3 Å². The monoisotopic (exact) mass is 693 g/mol. The molecule has 3 nitrogen and oxygen atoms in total. The molecule has 3 heterocycles. The lowest BCUT2D eigenvalue weighted by atomic mass is 9.92. The van der Waals surface area contributed by atoms with Crippen molar-refractivity contribution in [3.05, 3.63) is 187 Å². The van der Waals surface area contributed by atoms with Crippen molar-refractivity contribution in [3.63, 3.8) is 0 Å². The highest BCUT2D eigenvalue weighted by atomic mass is 32.1. The molecule has 2 aromatic heterocycles. The van der Waals surface area contributed by atoms with Gasteiger partial charge in [-0.1, -0.05) is 140 Å². The highest BCUT2D eigenvalue weighted by Crippen LogP contribution is 2.45. The van der Waals surface area contributed by atoms with Gasteiger partial charge in [-0.25, -0.2) is 9.98 Å². The number of aliphatic imine (C=N–C) groups is 2. The summed E-state index contributed by atoms with van der Waals surface area (Å²) in [6.07, 6.45) is 0.757. The fourth-order valence-corrected chi connectivity index (χ4v) is 9.49. The Morgan fingerprint density at radius 2 is 1.06 bits per heavy atom. The van der Waals surface area contributed by atoms with E-state index in [-0.39, 0.29) is 6.04 Å². The van der Waals surface area contributed by atoms with E-state index in [1.54, 1.807) is 0 Å². The van der Waals surface area contributed by atoms with Gasteiger partial charge >= 0.3 is 0 Å². The molecule has 0 aliphatic carbocycles. The van der Waals surface area contributed by atoms with Crippen LogP contribution in [0.1, 0.15) is 29.2 Å². The summed E-state index contributed by atoms with van der Waals surface area (Å²) in [5.74, 6) is 0.762. The first-order valence-corrected chi connectivity index (χ1v) is 18.9. The van der Waals surface area contributed by atoms with Gasteiger partial charge in [0.1, 0.15) is 0 Å². The van der Waals surface area contributed by atoms with Gasteiger partial charge in [0, 0.05) is 43.1 Å². The van der Waals surface area contributed by atoms with Crippen LogP contribution in [0.2, 0.25) is 0 Å². The van der Waals surface area contributed by atoms with Crippen LogP contribution in [-0.2, 0) is 0 Å². The second kappa shape index (κ2) is 12.0. The minimum absolute atomic E-state index is 0.0134. The number of thiophene rings is 1. The van der Waals surface area contributed by atoms with E-state index in [1.807, 2.05) is 11.3 Å². The van der Waals surface area contributed by atoms with Crippen molar-refractivity contribution in [2.75, 3.05) is 0 Å². The number of aromatic nitrogens is 1. The summed E-state index contributed by atoms with van der Waals surface area (Å²) in [5.41, 5.74) is 7.50. The lowest BCUT2D eigenvalue weighted by Crippen LogP contribution is -2.17. The van der Waals surface area contributed by atoms with Crippen molar-refractivity contribution >= 4 is 86.3 Å². The zero-order valence-corrected chi connectivity index (χ0v) is 29.5. The molecule has 0 spiro atoms. The van der Waals surface area contributed by atoms with E-state index >= 15 is 0 Å². The first-order chi connectivity index (χ1) is 26.3. The van der Waals surface area contributed by atoms with Crippen molar-refractivity contribution in [3.8, 4) is 11.3 Å². The highest BCUT2D eigenvalue weighted by Gasteiger charge is 2.23. The quantitative estimate of drug-likeness (QED) is 0.169. The molecule has 1 aliphatic heterocycles. The van der Waals surface area contributed by atoms with Crippen LogP contribution in [0.5, 0.6) is 0 Å². The van der Waals surface area contributed by atoms with Crippen molar-refractivity contribution in [1.82, 2.24) is 4.98 Å². The number of pyridine rings is 1. The number of amidine groups is 1. The molecule has 0 N–H and O–H groups in total. The Morgan fingerprint density at radius 3 is 1.79 bits per heavy atom. The van der Waals surface area contributed by atoms with Gasteiger partial charge < -0.3 is 0 Å². The zero-order valence-electron chi connectivity index (χ0n) is 28.7. The summed E-state index contributed by atoms with van der Waals surface area (Å²) in [6.45, 7) is 0. The molecule has 8 aromatic carbocycles. The second-order valence-corrected chi connectivity index (χ2v) is 14.9. The normalized spacial score (nSPS) is 14.8. The topological polar surface area (TPSA) is 37.6 Å². The van der Waals surface area contributed by atoms with Crippen LogP contribution >= 0.6 is 11.3 Å². The first-order valence-electron chi connectivity index (χ1n) is 18.1. The molecule has 11 rings (SSSR count). The van der Waals surface area contributed by atoms with E-state index in [4.69, 9.17) is 15.0 Å². The van der Waals surface area contributed by atoms with Gasteiger partial charge in [-0.05, 0) is 73.8 Å². The molecule has 0 saturated heterocycles. The Balaban J connectivity index is 1.14. The average Bonchev–Trinajstić information content (AvgIpc) is 3.64. The number of rotatable bonds is 4. The van der Waals surface area contributed by atoms with Gasteiger partial charge in [-0.2, -0.15) is 0 Å². The Labute approximate surface area is 310 Å². The third-order valence-corrected chi connectivity index (χ3v) is 12.0. The largest absolute Gasteiger partial charge is 0.258 e. The molecule has 53 heavy (non-hydrogen) atoms. The summed E-state index contributed by atoms with van der Waals surface area (Å²) >= 11 is 1.84.